The van der Waals surface area contributed by atoms with Crippen molar-refractivity contribution in [1.82, 2.24) is 10.2 Å². The summed E-state index contributed by atoms with van der Waals surface area (Å²) < 4.78 is 12.8. The summed E-state index contributed by atoms with van der Waals surface area (Å²) in [6, 6.07) is 20.9. The monoisotopic (exact) mass is 699 g/mol. The number of cyclic esters (lactones) is 1. The highest BCUT2D eigenvalue weighted by atomic mass is 79.9. The molecule has 3 aromatic rings. The van der Waals surface area contributed by atoms with Gasteiger partial charge in [-0.25, -0.2) is 0 Å². The first kappa shape index (κ1) is 31.3. The fourth-order valence-electron chi connectivity index (χ4n) is 7.38. The number of nitrogens with one attached hydrogen (secondary N) is 1. The largest absolute Gasteiger partial charge is 0.463 e. The van der Waals surface area contributed by atoms with Gasteiger partial charge in [0.05, 0.1) is 24.5 Å². The Morgan fingerprint density at radius 2 is 1.70 bits per heavy atom. The number of nitrogens with zero attached hydrogens (tertiary/aromatic N) is 2. The summed E-state index contributed by atoms with van der Waals surface area (Å²) in [5.74, 6) is -3.71. The lowest BCUT2D eigenvalue weighted by Gasteiger charge is -2.35. The first-order valence-electron chi connectivity index (χ1n) is 15.8. The maximum atomic E-state index is 14.9. The Balaban J connectivity index is 1.33. The van der Waals surface area contributed by atoms with Crippen LogP contribution in [0.25, 0.3) is 10.8 Å². The molecule has 4 aliphatic rings. The molecule has 3 aromatic carbocycles. The van der Waals surface area contributed by atoms with E-state index in [1.165, 1.54) is 4.90 Å². The van der Waals surface area contributed by atoms with Crippen LogP contribution in [0.15, 0.2) is 95.5 Å². The fraction of sp³-hybridized carbons (Fsp3) is 0.333. The van der Waals surface area contributed by atoms with Gasteiger partial charge < -0.3 is 29.7 Å². The van der Waals surface area contributed by atoms with Gasteiger partial charge in [0.25, 0.3) is 5.91 Å². The number of aliphatic hydroxyl groups is 1. The lowest BCUT2D eigenvalue weighted by atomic mass is 9.74. The van der Waals surface area contributed by atoms with Gasteiger partial charge in [-0.15, -0.1) is 0 Å². The standard InChI is InChI=1S/C36H34BrN3O7/c37-26-20-36-30-29(31(26)47-36)33(43)38-27(23-10-3-1-4-11-23)21-46-28(42)13-5-2-8-16-39(35(45)32(36)40(17-18-41)34(30)44)25-15-14-22-9-6-7-12-24(22)19-25/h1-4,6-12,14-15,19-20,27,29-32,41H,5,13,16-18,21H2,(H,38,43)/b8-2-/t27-,29-,30+,31-,32-,36+/m0/s1. The summed E-state index contributed by atoms with van der Waals surface area (Å²) in [7, 11) is 0. The van der Waals surface area contributed by atoms with Crippen LogP contribution in [0, 0.1) is 11.8 Å². The number of amides is 3. The molecule has 2 N–H and O–H groups in total. The van der Waals surface area contributed by atoms with Gasteiger partial charge in [0.2, 0.25) is 11.8 Å². The van der Waals surface area contributed by atoms with E-state index in [9.17, 15) is 24.3 Å². The summed E-state index contributed by atoms with van der Waals surface area (Å²) in [5, 5.41) is 15.0. The molecule has 6 atom stereocenters. The Bertz CT molecular complexity index is 1800. The number of rotatable bonds is 4. The number of carbonyl (C=O) groups excluding carboxylic acids is 4. The number of esters is 1. The van der Waals surface area contributed by atoms with Crippen molar-refractivity contribution >= 4 is 56.1 Å². The number of anilines is 1. The van der Waals surface area contributed by atoms with E-state index in [0.29, 0.717) is 16.6 Å². The Morgan fingerprint density at radius 1 is 0.936 bits per heavy atom. The smallest absolute Gasteiger partial charge is 0.306 e. The molecule has 7 rings (SSSR count). The Kier molecular flexibility index (Phi) is 8.46. The van der Waals surface area contributed by atoms with E-state index in [1.807, 2.05) is 84.9 Å². The van der Waals surface area contributed by atoms with Gasteiger partial charge in [-0.3, -0.25) is 19.2 Å². The van der Waals surface area contributed by atoms with E-state index in [4.69, 9.17) is 9.47 Å². The number of likely N-dealkylation sites (tertiary alicyclic amines) is 1. The van der Waals surface area contributed by atoms with Crippen molar-refractivity contribution in [2.75, 3.05) is 31.2 Å². The number of halogens is 1. The van der Waals surface area contributed by atoms with Crippen molar-refractivity contribution in [2.24, 2.45) is 11.8 Å². The molecule has 2 fully saturated rings. The number of β-amino-alcohol motifs (C(OH)–C–C–N with tert-alkyl or cyclic N) is 1. The first-order valence-corrected chi connectivity index (χ1v) is 16.5. The van der Waals surface area contributed by atoms with E-state index < -0.39 is 59.3 Å². The molecule has 47 heavy (non-hydrogen) atoms. The molecule has 4 aliphatic heterocycles. The first-order chi connectivity index (χ1) is 22.8. The summed E-state index contributed by atoms with van der Waals surface area (Å²) in [6.45, 7) is -0.421. The van der Waals surface area contributed by atoms with Crippen molar-refractivity contribution in [3.8, 4) is 0 Å². The Hall–Kier alpha value is -4.32. The van der Waals surface area contributed by atoms with E-state index in [2.05, 4.69) is 21.2 Å². The zero-order valence-electron chi connectivity index (χ0n) is 25.5. The van der Waals surface area contributed by atoms with Gasteiger partial charge in [0, 0.05) is 29.7 Å². The number of benzene rings is 3. The maximum absolute atomic E-state index is 14.9. The Morgan fingerprint density at radius 3 is 2.49 bits per heavy atom. The molecule has 0 radical (unpaired) electrons. The van der Waals surface area contributed by atoms with Crippen LogP contribution in [-0.2, 0) is 28.7 Å². The van der Waals surface area contributed by atoms with E-state index >= 15 is 0 Å². The summed E-state index contributed by atoms with van der Waals surface area (Å²) in [5.41, 5.74) is -0.0998. The minimum absolute atomic E-state index is 0.0925. The molecule has 3 amide bonds. The molecule has 0 saturated carbocycles. The number of hydrogen-bond donors (Lipinski definition) is 2. The van der Waals surface area contributed by atoms with Crippen LogP contribution >= 0.6 is 15.9 Å². The van der Waals surface area contributed by atoms with E-state index in [1.54, 1.807) is 11.0 Å². The zero-order chi connectivity index (χ0) is 32.7. The third-order valence-electron chi connectivity index (χ3n) is 9.51. The van der Waals surface area contributed by atoms with Crippen molar-refractivity contribution in [2.45, 2.75) is 36.6 Å². The molecule has 0 aliphatic carbocycles. The zero-order valence-corrected chi connectivity index (χ0v) is 27.0. The number of allylic oxidation sites excluding steroid dienone is 1. The topological polar surface area (TPSA) is 125 Å². The highest BCUT2D eigenvalue weighted by Crippen LogP contribution is 2.58. The van der Waals surface area contributed by atoms with Crippen molar-refractivity contribution in [3.05, 3.63) is 101 Å². The third-order valence-corrected chi connectivity index (χ3v) is 10.2. The summed E-state index contributed by atoms with van der Waals surface area (Å²) in [6.07, 6.45) is 5.10. The van der Waals surface area contributed by atoms with Crippen LogP contribution in [0.2, 0.25) is 0 Å². The van der Waals surface area contributed by atoms with Gasteiger partial charge in [0.15, 0.2) is 0 Å². The van der Waals surface area contributed by atoms with Gasteiger partial charge in [-0.1, -0.05) is 88.7 Å². The second-order valence-corrected chi connectivity index (χ2v) is 13.1. The minimum atomic E-state index is -1.45. The van der Waals surface area contributed by atoms with Gasteiger partial charge in [0.1, 0.15) is 24.4 Å². The van der Waals surface area contributed by atoms with Crippen LogP contribution in [0.1, 0.15) is 24.4 Å². The van der Waals surface area contributed by atoms with Crippen LogP contribution in [0.4, 0.5) is 5.69 Å². The number of hydrogen-bond acceptors (Lipinski definition) is 7. The van der Waals surface area contributed by atoms with Crippen LogP contribution in [0.5, 0.6) is 0 Å². The van der Waals surface area contributed by atoms with E-state index in [0.717, 1.165) is 16.3 Å². The molecule has 1 spiro atoms. The van der Waals surface area contributed by atoms with Crippen molar-refractivity contribution < 1.29 is 33.8 Å². The summed E-state index contributed by atoms with van der Waals surface area (Å²) in [4.78, 5) is 59.1. The average Bonchev–Trinajstić information content (AvgIpc) is 3.67. The molecule has 5 bridgehead atoms. The predicted octanol–water partition coefficient (Wildman–Crippen LogP) is 3.79. The maximum Gasteiger partial charge on any atom is 0.306 e. The van der Waals surface area contributed by atoms with E-state index in [-0.39, 0.29) is 32.7 Å². The SMILES string of the molecule is O=C1CC/C=C\CN(c2ccc3ccccc3c2)C(=O)[C@@H]2N(CCO)C(=O)[C@H]3[C@H](C(=O)N[C@H](c4ccccc4)CO1)[C@H]1O[C@@]23C=C1Br. The molecule has 2 saturated heterocycles. The Labute approximate surface area is 280 Å². The van der Waals surface area contributed by atoms with Crippen LogP contribution in [0.3, 0.4) is 0 Å². The molecular weight excluding hydrogens is 666 g/mol. The fourth-order valence-corrected chi connectivity index (χ4v) is 8.12. The molecule has 11 heteroatoms. The lowest BCUT2D eigenvalue weighted by Crippen LogP contribution is -2.56. The van der Waals surface area contributed by atoms with Gasteiger partial charge in [-0.2, -0.15) is 0 Å². The quantitative estimate of drug-likeness (QED) is 0.314. The molecule has 242 valence electrons. The van der Waals surface area contributed by atoms with Crippen molar-refractivity contribution in [1.29, 1.82) is 0 Å². The highest BCUT2D eigenvalue weighted by Gasteiger charge is 2.74. The van der Waals surface area contributed by atoms with Crippen LogP contribution in [-0.4, -0.2) is 77.7 Å². The highest BCUT2D eigenvalue weighted by molar-refractivity contribution is 9.11. The molecule has 4 heterocycles. The molecule has 10 nitrogen and oxygen atoms in total. The van der Waals surface area contributed by atoms with Gasteiger partial charge in [-0.05, 0) is 41.0 Å². The normalized spacial score (nSPS) is 30.3. The lowest BCUT2D eigenvalue weighted by molar-refractivity contribution is -0.145. The van der Waals surface area contributed by atoms with Crippen molar-refractivity contribution in [3.63, 3.8) is 0 Å². The third kappa shape index (κ3) is 5.46. The second kappa shape index (κ2) is 12.7. The van der Waals surface area contributed by atoms with Crippen LogP contribution < -0.4 is 10.2 Å². The molecule has 0 unspecified atom stereocenters. The minimum Gasteiger partial charge on any atom is -0.463 e. The predicted molar refractivity (Wildman–Crippen MR) is 177 cm³/mol. The number of ether oxygens (including phenoxy) is 2. The molecule has 0 aromatic heterocycles. The molecular formula is C36H34BrN3O7. The van der Waals surface area contributed by atoms with Gasteiger partial charge >= 0.3 is 5.97 Å². The number of carbonyl (C=O) groups is 4. The second-order valence-electron chi connectivity index (χ2n) is 12.2. The average molecular weight is 701 g/mol. The summed E-state index contributed by atoms with van der Waals surface area (Å²) >= 11 is 3.58. The number of aliphatic hydroxyl groups excluding tert-OH is 1. The number of fused-ring (bicyclic) bond motifs is 3.